The molecule has 4 aromatic rings. The summed E-state index contributed by atoms with van der Waals surface area (Å²) in [4.78, 5) is 24.3. The third-order valence-corrected chi connectivity index (χ3v) is 5.08. The Morgan fingerprint density at radius 2 is 1.49 bits per heavy atom. The molecule has 0 saturated carbocycles. The van der Waals surface area contributed by atoms with Gasteiger partial charge in [0.15, 0.2) is 6.61 Å². The van der Waals surface area contributed by atoms with E-state index in [0.717, 1.165) is 22.3 Å². The molecule has 0 bridgehead atoms. The molecular formula is C29H24N2O4. The van der Waals surface area contributed by atoms with E-state index in [1.54, 1.807) is 36.4 Å². The predicted octanol–water partition coefficient (Wildman–Crippen LogP) is 5.41. The van der Waals surface area contributed by atoms with Gasteiger partial charge >= 0.3 is 5.97 Å². The molecule has 0 aliphatic rings. The number of carbonyl (C=O) groups is 2. The molecular weight excluding hydrogens is 440 g/mol. The fraction of sp³-hybridized carbons (Fsp3) is 0.0690. The van der Waals surface area contributed by atoms with Gasteiger partial charge in [-0.25, -0.2) is 10.2 Å². The van der Waals surface area contributed by atoms with Crippen molar-refractivity contribution in [1.82, 2.24) is 5.43 Å². The second-order valence-corrected chi connectivity index (χ2v) is 7.80. The van der Waals surface area contributed by atoms with E-state index in [2.05, 4.69) is 10.5 Å². The van der Waals surface area contributed by atoms with E-state index in [1.165, 1.54) is 6.21 Å². The van der Waals surface area contributed by atoms with Gasteiger partial charge in [0.2, 0.25) is 0 Å². The zero-order valence-electron chi connectivity index (χ0n) is 19.2. The first kappa shape index (κ1) is 23.4. The van der Waals surface area contributed by atoms with Gasteiger partial charge in [0.1, 0.15) is 11.5 Å². The molecule has 0 heterocycles. The summed E-state index contributed by atoms with van der Waals surface area (Å²) < 4.78 is 10.9. The molecule has 6 heteroatoms. The Labute approximate surface area is 203 Å². The minimum Gasteiger partial charge on any atom is -0.484 e. The summed E-state index contributed by atoms with van der Waals surface area (Å²) in [5.74, 6) is 0.221. The Morgan fingerprint density at radius 3 is 2.20 bits per heavy atom. The van der Waals surface area contributed by atoms with Crippen molar-refractivity contribution in [1.29, 1.82) is 0 Å². The van der Waals surface area contributed by atoms with Crippen molar-refractivity contribution >= 4 is 18.1 Å². The van der Waals surface area contributed by atoms with E-state index in [4.69, 9.17) is 9.47 Å². The fourth-order valence-electron chi connectivity index (χ4n) is 3.29. The molecule has 0 aliphatic carbocycles. The topological polar surface area (TPSA) is 77.0 Å². The number of aryl methyl sites for hydroxylation is 1. The third-order valence-electron chi connectivity index (χ3n) is 5.08. The molecule has 0 saturated heterocycles. The van der Waals surface area contributed by atoms with Crippen molar-refractivity contribution in [3.05, 3.63) is 120 Å². The summed E-state index contributed by atoms with van der Waals surface area (Å²) in [6, 6.07) is 31.6. The number of hydrogen-bond donors (Lipinski definition) is 1. The van der Waals surface area contributed by atoms with Gasteiger partial charge < -0.3 is 9.47 Å². The number of nitrogens with zero attached hydrogens (tertiary/aromatic N) is 1. The first-order chi connectivity index (χ1) is 17.1. The van der Waals surface area contributed by atoms with Crippen LogP contribution in [0.15, 0.2) is 108 Å². The third kappa shape index (κ3) is 6.88. The Hall–Kier alpha value is -4.71. The summed E-state index contributed by atoms with van der Waals surface area (Å²) in [5, 5.41) is 3.94. The number of amides is 1. The zero-order valence-corrected chi connectivity index (χ0v) is 19.2. The number of ether oxygens (including phenoxy) is 2. The van der Waals surface area contributed by atoms with Crippen LogP contribution in [-0.4, -0.2) is 24.7 Å². The van der Waals surface area contributed by atoms with Gasteiger partial charge in [0.25, 0.3) is 5.91 Å². The predicted molar refractivity (Wildman–Crippen MR) is 136 cm³/mol. The van der Waals surface area contributed by atoms with E-state index in [-0.39, 0.29) is 12.5 Å². The Morgan fingerprint density at radius 1 is 0.800 bits per heavy atom. The lowest BCUT2D eigenvalue weighted by atomic mass is 10.1. The molecule has 0 atom stereocenters. The SMILES string of the molecule is Cc1cccc(C(=O)Oc2ccc(/C=N\NC(=O)COc3ccc(-c4ccccc4)cc3)cc2)c1. The Kier molecular flexibility index (Phi) is 7.66. The summed E-state index contributed by atoms with van der Waals surface area (Å²) in [5.41, 5.74) is 6.83. The molecule has 4 aromatic carbocycles. The van der Waals surface area contributed by atoms with Crippen LogP contribution in [-0.2, 0) is 4.79 Å². The number of hydrazone groups is 1. The monoisotopic (exact) mass is 464 g/mol. The minimum atomic E-state index is -0.419. The van der Waals surface area contributed by atoms with Crippen LogP contribution in [0.1, 0.15) is 21.5 Å². The fourth-order valence-corrected chi connectivity index (χ4v) is 3.29. The quantitative estimate of drug-likeness (QED) is 0.164. The van der Waals surface area contributed by atoms with Crippen molar-refractivity contribution < 1.29 is 19.1 Å². The van der Waals surface area contributed by atoms with E-state index in [0.29, 0.717) is 17.1 Å². The number of rotatable bonds is 8. The van der Waals surface area contributed by atoms with Gasteiger partial charge in [-0.3, -0.25) is 4.79 Å². The molecule has 0 aliphatic heterocycles. The number of esters is 1. The lowest BCUT2D eigenvalue weighted by Gasteiger charge is -2.07. The molecule has 1 amide bonds. The van der Waals surface area contributed by atoms with Gasteiger partial charge in [-0.1, -0.05) is 60.2 Å². The Bertz CT molecular complexity index is 1320. The van der Waals surface area contributed by atoms with Gasteiger partial charge in [-0.05, 0) is 72.1 Å². The van der Waals surface area contributed by atoms with E-state index < -0.39 is 5.97 Å². The first-order valence-corrected chi connectivity index (χ1v) is 11.1. The normalized spacial score (nSPS) is 10.7. The maximum absolute atomic E-state index is 12.2. The average molecular weight is 465 g/mol. The van der Waals surface area contributed by atoms with Crippen molar-refractivity contribution in [3.63, 3.8) is 0 Å². The van der Waals surface area contributed by atoms with E-state index in [1.807, 2.05) is 73.7 Å². The molecule has 0 fully saturated rings. The molecule has 1 N–H and O–H groups in total. The zero-order chi connectivity index (χ0) is 24.5. The van der Waals surface area contributed by atoms with Crippen LogP contribution in [0.4, 0.5) is 0 Å². The highest BCUT2D eigenvalue weighted by Gasteiger charge is 2.08. The van der Waals surface area contributed by atoms with Crippen LogP contribution >= 0.6 is 0 Å². The highest BCUT2D eigenvalue weighted by Crippen LogP contribution is 2.22. The van der Waals surface area contributed by atoms with Crippen molar-refractivity contribution in [2.75, 3.05) is 6.61 Å². The molecule has 174 valence electrons. The molecule has 4 rings (SSSR count). The molecule has 0 spiro atoms. The van der Waals surface area contributed by atoms with Crippen molar-refractivity contribution in [3.8, 4) is 22.6 Å². The van der Waals surface area contributed by atoms with Crippen LogP contribution in [0, 0.1) is 6.92 Å². The average Bonchev–Trinajstić information content (AvgIpc) is 2.89. The van der Waals surface area contributed by atoms with E-state index >= 15 is 0 Å². The van der Waals surface area contributed by atoms with Gasteiger partial charge in [-0.15, -0.1) is 0 Å². The number of carbonyl (C=O) groups excluding carboxylic acids is 2. The van der Waals surface area contributed by atoms with Crippen molar-refractivity contribution in [2.45, 2.75) is 6.92 Å². The van der Waals surface area contributed by atoms with Gasteiger partial charge in [0.05, 0.1) is 11.8 Å². The van der Waals surface area contributed by atoms with Gasteiger partial charge in [0, 0.05) is 0 Å². The van der Waals surface area contributed by atoms with Crippen LogP contribution in [0.2, 0.25) is 0 Å². The largest absolute Gasteiger partial charge is 0.484 e. The van der Waals surface area contributed by atoms with Crippen molar-refractivity contribution in [2.24, 2.45) is 5.10 Å². The summed E-state index contributed by atoms with van der Waals surface area (Å²) in [6.45, 7) is 1.76. The van der Waals surface area contributed by atoms with Crippen LogP contribution < -0.4 is 14.9 Å². The van der Waals surface area contributed by atoms with Gasteiger partial charge in [-0.2, -0.15) is 5.10 Å². The molecule has 35 heavy (non-hydrogen) atoms. The minimum absolute atomic E-state index is 0.157. The van der Waals surface area contributed by atoms with E-state index in [9.17, 15) is 9.59 Å². The first-order valence-electron chi connectivity index (χ1n) is 11.1. The highest BCUT2D eigenvalue weighted by atomic mass is 16.5. The number of benzene rings is 4. The van der Waals surface area contributed by atoms with Crippen LogP contribution in [0.5, 0.6) is 11.5 Å². The molecule has 0 unspecified atom stereocenters. The summed E-state index contributed by atoms with van der Waals surface area (Å²) in [7, 11) is 0. The second kappa shape index (κ2) is 11.4. The standard InChI is InChI=1S/C29H24N2O4/c1-21-6-5-9-25(18-21)29(33)35-27-14-10-22(11-15-27)19-30-31-28(32)20-34-26-16-12-24(13-17-26)23-7-3-2-4-8-23/h2-19H,20H2,1H3,(H,31,32)/b30-19-. The lowest BCUT2D eigenvalue weighted by Crippen LogP contribution is -2.24. The number of hydrogen-bond acceptors (Lipinski definition) is 5. The smallest absolute Gasteiger partial charge is 0.343 e. The lowest BCUT2D eigenvalue weighted by molar-refractivity contribution is -0.123. The van der Waals surface area contributed by atoms with Crippen LogP contribution in [0.3, 0.4) is 0 Å². The maximum atomic E-state index is 12.2. The molecule has 0 radical (unpaired) electrons. The second-order valence-electron chi connectivity index (χ2n) is 7.80. The molecule has 6 nitrogen and oxygen atoms in total. The Balaban J connectivity index is 1.22. The molecule has 0 aromatic heterocycles. The summed E-state index contributed by atoms with van der Waals surface area (Å²) in [6.07, 6.45) is 1.50. The maximum Gasteiger partial charge on any atom is 0.343 e. The number of nitrogens with one attached hydrogen (secondary N) is 1. The van der Waals surface area contributed by atoms with Crippen LogP contribution in [0.25, 0.3) is 11.1 Å². The highest BCUT2D eigenvalue weighted by molar-refractivity contribution is 5.91. The summed E-state index contributed by atoms with van der Waals surface area (Å²) >= 11 is 0.